The summed E-state index contributed by atoms with van der Waals surface area (Å²) >= 11 is 0. The van der Waals surface area contributed by atoms with E-state index in [1.807, 2.05) is 6.07 Å². The van der Waals surface area contributed by atoms with Gasteiger partial charge in [-0.25, -0.2) is 0 Å². The van der Waals surface area contributed by atoms with Crippen LogP contribution in [0.15, 0.2) is 114 Å². The van der Waals surface area contributed by atoms with E-state index in [1.165, 1.54) is 55.1 Å². The number of aromatic amines is 1. The van der Waals surface area contributed by atoms with Crippen LogP contribution in [0.5, 0.6) is 0 Å². The number of fused-ring (bicyclic) bond motifs is 9. The van der Waals surface area contributed by atoms with Gasteiger partial charge in [-0.15, -0.1) is 0 Å². The summed E-state index contributed by atoms with van der Waals surface area (Å²) in [4.78, 5) is 3.55. The van der Waals surface area contributed by atoms with Crippen molar-refractivity contribution in [3.63, 3.8) is 0 Å². The van der Waals surface area contributed by atoms with Crippen LogP contribution < -0.4 is 0 Å². The summed E-state index contributed by atoms with van der Waals surface area (Å²) in [6.07, 6.45) is 6.67. The molecule has 3 nitrogen and oxygen atoms in total. The predicted molar refractivity (Wildman–Crippen MR) is 163 cm³/mol. The molecule has 0 radical (unpaired) electrons. The number of rotatable bonds is 2. The van der Waals surface area contributed by atoms with Crippen LogP contribution in [0.3, 0.4) is 0 Å². The molecule has 1 aliphatic rings. The summed E-state index contributed by atoms with van der Waals surface area (Å²) in [5, 5.41) is 6.13. The number of aromatic nitrogens is 2. The second-order valence-corrected chi connectivity index (χ2v) is 10.6. The van der Waals surface area contributed by atoms with E-state index in [0.29, 0.717) is 0 Å². The molecule has 1 N–H and O–H groups in total. The van der Waals surface area contributed by atoms with Crippen LogP contribution in [0.2, 0.25) is 0 Å². The number of nitrogens with zero attached hydrogens (tertiary/aromatic N) is 1. The Balaban J connectivity index is 1.29. The van der Waals surface area contributed by atoms with Crippen molar-refractivity contribution in [1.82, 2.24) is 9.55 Å². The first kappa shape index (κ1) is 21.0. The fourth-order valence-electron chi connectivity index (χ4n) is 6.61. The Kier molecular flexibility index (Phi) is 4.17. The molecule has 0 atom stereocenters. The second kappa shape index (κ2) is 7.75. The summed E-state index contributed by atoms with van der Waals surface area (Å²) in [5.74, 6) is 0. The lowest BCUT2D eigenvalue weighted by molar-refractivity contribution is 0.664. The third-order valence-corrected chi connectivity index (χ3v) is 8.40. The molecular formula is C36H24N2O. The van der Waals surface area contributed by atoms with E-state index in [1.54, 1.807) is 0 Å². The molecule has 0 unspecified atom stereocenters. The van der Waals surface area contributed by atoms with Gasteiger partial charge in [-0.05, 0) is 66.4 Å². The number of H-pyrrole nitrogens is 1. The SMILES string of the molecule is C1=Cc2c(n(-c3cccc4c3oc3ccccc34)c3ccc(-c4ccc5[nH]c6ccccc6c5c4)cc23)CC1. The largest absolute Gasteiger partial charge is 0.454 e. The van der Waals surface area contributed by atoms with Gasteiger partial charge in [0.05, 0.1) is 11.2 Å². The third kappa shape index (κ3) is 2.93. The summed E-state index contributed by atoms with van der Waals surface area (Å²) in [7, 11) is 0. The highest BCUT2D eigenvalue weighted by molar-refractivity contribution is 6.10. The fourth-order valence-corrected chi connectivity index (χ4v) is 6.61. The lowest BCUT2D eigenvalue weighted by atomic mass is 9.98. The quantitative estimate of drug-likeness (QED) is 0.252. The molecule has 3 heterocycles. The fraction of sp³-hybridized carbons (Fsp3) is 0.0556. The Morgan fingerprint density at radius 2 is 1.41 bits per heavy atom. The first-order valence-electron chi connectivity index (χ1n) is 13.6. The van der Waals surface area contributed by atoms with Gasteiger partial charge in [0, 0.05) is 49.2 Å². The average Bonchev–Trinajstić information content (AvgIpc) is 3.66. The van der Waals surface area contributed by atoms with Gasteiger partial charge < -0.3 is 14.0 Å². The van der Waals surface area contributed by atoms with Gasteiger partial charge >= 0.3 is 0 Å². The minimum Gasteiger partial charge on any atom is -0.454 e. The van der Waals surface area contributed by atoms with Gasteiger partial charge in [-0.3, -0.25) is 0 Å². The van der Waals surface area contributed by atoms with Gasteiger partial charge in [0.2, 0.25) is 0 Å². The smallest absolute Gasteiger partial charge is 0.159 e. The van der Waals surface area contributed by atoms with Crippen molar-refractivity contribution in [1.29, 1.82) is 0 Å². The summed E-state index contributed by atoms with van der Waals surface area (Å²) < 4.78 is 8.90. The van der Waals surface area contributed by atoms with E-state index >= 15 is 0 Å². The van der Waals surface area contributed by atoms with Crippen molar-refractivity contribution in [2.75, 3.05) is 0 Å². The topological polar surface area (TPSA) is 33.9 Å². The summed E-state index contributed by atoms with van der Waals surface area (Å²) in [6, 6.07) is 37.1. The van der Waals surface area contributed by atoms with Gasteiger partial charge in [0.1, 0.15) is 5.58 Å². The zero-order valence-corrected chi connectivity index (χ0v) is 21.2. The van der Waals surface area contributed by atoms with Crippen LogP contribution in [0.4, 0.5) is 0 Å². The first-order chi connectivity index (χ1) is 19.3. The lowest BCUT2D eigenvalue weighted by Gasteiger charge is -2.13. The highest BCUT2D eigenvalue weighted by Crippen LogP contribution is 2.40. The number of allylic oxidation sites excluding steroid dienone is 1. The van der Waals surface area contributed by atoms with E-state index in [0.717, 1.165) is 40.5 Å². The average molecular weight is 501 g/mol. The van der Waals surface area contributed by atoms with Crippen molar-refractivity contribution < 1.29 is 4.42 Å². The van der Waals surface area contributed by atoms with E-state index in [9.17, 15) is 0 Å². The van der Waals surface area contributed by atoms with Crippen molar-refractivity contribution in [2.45, 2.75) is 12.8 Å². The monoisotopic (exact) mass is 500 g/mol. The van der Waals surface area contributed by atoms with Crippen LogP contribution in [-0.4, -0.2) is 9.55 Å². The molecule has 5 aromatic carbocycles. The van der Waals surface area contributed by atoms with Gasteiger partial charge in [-0.1, -0.05) is 72.8 Å². The maximum absolute atomic E-state index is 6.47. The number of para-hydroxylation sites is 3. The van der Waals surface area contributed by atoms with E-state index in [-0.39, 0.29) is 0 Å². The van der Waals surface area contributed by atoms with Crippen LogP contribution in [-0.2, 0) is 6.42 Å². The molecule has 0 saturated heterocycles. The molecule has 39 heavy (non-hydrogen) atoms. The molecule has 9 rings (SSSR count). The van der Waals surface area contributed by atoms with Crippen molar-refractivity contribution in [3.8, 4) is 16.8 Å². The number of hydrogen-bond acceptors (Lipinski definition) is 1. The summed E-state index contributed by atoms with van der Waals surface area (Å²) in [5.41, 5.74) is 11.7. The normalized spacial score (nSPS) is 13.3. The minimum absolute atomic E-state index is 0.931. The molecule has 1 aliphatic carbocycles. The van der Waals surface area contributed by atoms with Crippen LogP contribution in [0, 0.1) is 0 Å². The third-order valence-electron chi connectivity index (χ3n) is 8.40. The number of furan rings is 1. The van der Waals surface area contributed by atoms with Crippen LogP contribution in [0.25, 0.3) is 77.5 Å². The summed E-state index contributed by atoms with van der Waals surface area (Å²) in [6.45, 7) is 0. The second-order valence-electron chi connectivity index (χ2n) is 10.6. The zero-order valence-electron chi connectivity index (χ0n) is 21.2. The van der Waals surface area contributed by atoms with Gasteiger partial charge in [0.15, 0.2) is 5.58 Å². The highest BCUT2D eigenvalue weighted by Gasteiger charge is 2.22. The van der Waals surface area contributed by atoms with Crippen LogP contribution >= 0.6 is 0 Å². The standard InChI is InChI=1S/C36H24N2O/c1-4-12-30-24(8-1)28-20-22(16-18-31(28)37-30)23-17-19-33-29(21-23)25-9-2-5-13-32(25)38(33)34-14-7-11-27-26-10-3-6-15-35(26)39-36(27)34/h1-4,6-12,14-21,37H,5,13H2. The van der Waals surface area contributed by atoms with Gasteiger partial charge in [0.25, 0.3) is 0 Å². The first-order valence-corrected chi connectivity index (χ1v) is 13.6. The van der Waals surface area contributed by atoms with Crippen molar-refractivity contribution in [3.05, 3.63) is 120 Å². The number of nitrogens with one attached hydrogen (secondary N) is 1. The maximum Gasteiger partial charge on any atom is 0.159 e. The lowest BCUT2D eigenvalue weighted by Crippen LogP contribution is -2.03. The Labute approximate surface area is 224 Å². The molecule has 3 aromatic heterocycles. The molecule has 3 heteroatoms. The van der Waals surface area contributed by atoms with Crippen molar-refractivity contribution in [2.24, 2.45) is 0 Å². The molecule has 0 amide bonds. The number of hydrogen-bond donors (Lipinski definition) is 1. The predicted octanol–water partition coefficient (Wildman–Crippen LogP) is 9.79. The Morgan fingerprint density at radius 1 is 0.641 bits per heavy atom. The van der Waals surface area contributed by atoms with E-state index in [2.05, 4.69) is 119 Å². The molecule has 0 spiro atoms. The molecule has 8 aromatic rings. The van der Waals surface area contributed by atoms with Crippen molar-refractivity contribution >= 4 is 60.7 Å². The molecule has 184 valence electrons. The van der Waals surface area contributed by atoms with Gasteiger partial charge in [-0.2, -0.15) is 0 Å². The van der Waals surface area contributed by atoms with Crippen LogP contribution in [0.1, 0.15) is 17.7 Å². The molecule has 0 saturated carbocycles. The molecule has 0 aliphatic heterocycles. The molecule has 0 fully saturated rings. The zero-order chi connectivity index (χ0) is 25.5. The highest BCUT2D eigenvalue weighted by atomic mass is 16.3. The minimum atomic E-state index is 0.931. The maximum atomic E-state index is 6.47. The molecular weight excluding hydrogens is 476 g/mol. The van der Waals surface area contributed by atoms with E-state index in [4.69, 9.17) is 4.42 Å². The molecule has 0 bridgehead atoms. The Bertz CT molecular complexity index is 2290. The Morgan fingerprint density at radius 3 is 2.36 bits per heavy atom. The van der Waals surface area contributed by atoms with E-state index < -0.39 is 0 Å². The number of benzene rings is 5. The Hall–Kier alpha value is -5.02.